The van der Waals surface area contributed by atoms with Crippen molar-refractivity contribution in [1.29, 1.82) is 0 Å². The highest BCUT2D eigenvalue weighted by Gasteiger charge is 2.61. The first kappa shape index (κ1) is 10.4. The Morgan fingerprint density at radius 1 is 1.33 bits per heavy atom. The van der Waals surface area contributed by atoms with Crippen molar-refractivity contribution in [2.75, 3.05) is 0 Å². The van der Waals surface area contributed by atoms with E-state index in [1.807, 2.05) is 0 Å². The quantitative estimate of drug-likeness (QED) is 0.702. The molecule has 0 amide bonds. The van der Waals surface area contributed by atoms with Crippen molar-refractivity contribution in [1.82, 2.24) is 0 Å². The molecule has 12 heavy (non-hydrogen) atoms. The van der Waals surface area contributed by atoms with Gasteiger partial charge >= 0.3 is 4.83 Å². The smallest absolute Gasteiger partial charge is 0.329 e. The van der Waals surface area contributed by atoms with E-state index in [0.29, 0.717) is 12.8 Å². The van der Waals surface area contributed by atoms with Crippen molar-refractivity contribution in [3.63, 3.8) is 0 Å². The van der Waals surface area contributed by atoms with Gasteiger partial charge in [-0.1, -0.05) is 13.8 Å². The molecule has 0 radical (unpaired) electrons. The van der Waals surface area contributed by atoms with Crippen LogP contribution in [0.4, 0.5) is 8.78 Å². The Bertz CT molecular complexity index is 188. The minimum absolute atomic E-state index is 0.165. The number of hydrogen-bond acceptors (Lipinski definition) is 1. The van der Waals surface area contributed by atoms with E-state index >= 15 is 0 Å². The van der Waals surface area contributed by atoms with Crippen molar-refractivity contribution in [3.8, 4) is 0 Å². The van der Waals surface area contributed by atoms with Crippen LogP contribution >= 0.6 is 15.9 Å². The molecule has 4 heteroatoms. The molecule has 72 valence electrons. The van der Waals surface area contributed by atoms with Crippen LogP contribution in [0.2, 0.25) is 0 Å². The third-order valence-electron chi connectivity index (χ3n) is 2.93. The van der Waals surface area contributed by atoms with Crippen molar-refractivity contribution in [2.45, 2.75) is 43.5 Å². The molecule has 0 spiro atoms. The summed E-state index contributed by atoms with van der Waals surface area (Å²) in [4.78, 5) is -3.18. The average molecular weight is 243 g/mol. The second kappa shape index (κ2) is 2.64. The van der Waals surface area contributed by atoms with Crippen molar-refractivity contribution < 1.29 is 13.9 Å². The molecular formula is C8H13BrF2O. The number of halogens is 3. The van der Waals surface area contributed by atoms with E-state index in [-0.39, 0.29) is 6.42 Å². The summed E-state index contributed by atoms with van der Waals surface area (Å²) < 4.78 is 25.9. The van der Waals surface area contributed by atoms with Gasteiger partial charge in [-0.15, -0.1) is 0 Å². The first-order chi connectivity index (χ1) is 5.21. The van der Waals surface area contributed by atoms with Gasteiger partial charge in [-0.2, -0.15) is 8.78 Å². The van der Waals surface area contributed by atoms with Gasteiger partial charge in [0.25, 0.3) is 0 Å². The topological polar surface area (TPSA) is 20.2 Å². The van der Waals surface area contributed by atoms with Gasteiger partial charge in [0.2, 0.25) is 0 Å². The SMILES string of the molecule is CC1(C)CCCC1(O)C(F)(F)Br. The largest absolute Gasteiger partial charge is 0.382 e. The molecule has 0 aromatic rings. The van der Waals surface area contributed by atoms with Gasteiger partial charge in [0.05, 0.1) is 0 Å². The first-order valence-corrected chi connectivity index (χ1v) is 4.79. The van der Waals surface area contributed by atoms with Crippen LogP contribution in [-0.2, 0) is 0 Å². The number of hydrogen-bond donors (Lipinski definition) is 1. The molecule has 0 aromatic carbocycles. The molecule has 1 atom stereocenters. The average Bonchev–Trinajstić information content (AvgIpc) is 2.07. The lowest BCUT2D eigenvalue weighted by Crippen LogP contribution is -2.51. The Kier molecular flexibility index (Phi) is 2.29. The van der Waals surface area contributed by atoms with Crippen LogP contribution in [0.3, 0.4) is 0 Å². The monoisotopic (exact) mass is 242 g/mol. The van der Waals surface area contributed by atoms with Crippen LogP contribution in [-0.4, -0.2) is 15.5 Å². The molecule has 1 aliphatic rings. The van der Waals surface area contributed by atoms with Gasteiger partial charge in [-0.3, -0.25) is 0 Å². The van der Waals surface area contributed by atoms with Crippen LogP contribution in [0.1, 0.15) is 33.1 Å². The molecule has 1 aliphatic carbocycles. The summed E-state index contributed by atoms with van der Waals surface area (Å²) in [6.07, 6.45) is 1.47. The Labute approximate surface area is 79.3 Å². The van der Waals surface area contributed by atoms with Crippen molar-refractivity contribution >= 4 is 15.9 Å². The fraction of sp³-hybridized carbons (Fsp3) is 1.00. The maximum absolute atomic E-state index is 13.0. The van der Waals surface area contributed by atoms with Gasteiger partial charge in [-0.25, -0.2) is 0 Å². The van der Waals surface area contributed by atoms with Crippen LogP contribution in [0.15, 0.2) is 0 Å². The van der Waals surface area contributed by atoms with Gasteiger partial charge in [-0.05, 0) is 35.2 Å². The zero-order chi connectivity index (χ0) is 9.62. The molecule has 0 heterocycles. The van der Waals surface area contributed by atoms with Crippen molar-refractivity contribution in [2.24, 2.45) is 5.41 Å². The zero-order valence-corrected chi connectivity index (χ0v) is 8.79. The highest BCUT2D eigenvalue weighted by atomic mass is 79.9. The van der Waals surface area contributed by atoms with E-state index in [1.54, 1.807) is 13.8 Å². The maximum atomic E-state index is 13.0. The number of aliphatic hydroxyl groups is 1. The summed E-state index contributed by atoms with van der Waals surface area (Å²) in [5.41, 5.74) is -2.60. The third-order valence-corrected chi connectivity index (χ3v) is 3.58. The summed E-state index contributed by atoms with van der Waals surface area (Å²) in [7, 11) is 0. The van der Waals surface area contributed by atoms with Gasteiger partial charge < -0.3 is 5.11 Å². The van der Waals surface area contributed by atoms with E-state index in [1.165, 1.54) is 0 Å². The van der Waals surface area contributed by atoms with Crippen LogP contribution < -0.4 is 0 Å². The van der Waals surface area contributed by atoms with E-state index in [9.17, 15) is 13.9 Å². The van der Waals surface area contributed by atoms with E-state index in [0.717, 1.165) is 0 Å². The van der Waals surface area contributed by atoms with Crippen LogP contribution in [0.25, 0.3) is 0 Å². The van der Waals surface area contributed by atoms with E-state index in [2.05, 4.69) is 15.9 Å². The predicted molar refractivity (Wildman–Crippen MR) is 46.5 cm³/mol. The maximum Gasteiger partial charge on any atom is 0.329 e. The van der Waals surface area contributed by atoms with Gasteiger partial charge in [0, 0.05) is 5.41 Å². The second-order valence-electron chi connectivity index (χ2n) is 4.10. The molecule has 0 saturated heterocycles. The molecule has 1 saturated carbocycles. The molecule has 0 bridgehead atoms. The molecule has 1 fully saturated rings. The minimum atomic E-state index is -3.18. The summed E-state index contributed by atoms with van der Waals surface area (Å²) in [6.45, 7) is 3.35. The fourth-order valence-corrected chi connectivity index (χ4v) is 2.59. The number of rotatable bonds is 1. The fourth-order valence-electron chi connectivity index (χ4n) is 1.86. The standard InChI is InChI=1S/C8H13BrF2O/c1-6(2)4-3-5-7(6,12)8(9,10)11/h12H,3-5H2,1-2H3. The summed E-state index contributed by atoms with van der Waals surface area (Å²) >= 11 is 2.25. The van der Waals surface area contributed by atoms with E-state index in [4.69, 9.17) is 0 Å². The Balaban J connectivity index is 2.98. The Morgan fingerprint density at radius 2 is 1.83 bits per heavy atom. The second-order valence-corrected chi connectivity index (χ2v) is 5.09. The normalized spacial score (nSPS) is 35.5. The lowest BCUT2D eigenvalue weighted by Gasteiger charge is -2.39. The highest BCUT2D eigenvalue weighted by molar-refractivity contribution is 9.10. The summed E-state index contributed by atoms with van der Waals surface area (Å²) in [5.74, 6) is 0. The van der Waals surface area contributed by atoms with Crippen molar-refractivity contribution in [3.05, 3.63) is 0 Å². The first-order valence-electron chi connectivity index (χ1n) is 4.00. The molecule has 1 nitrogen and oxygen atoms in total. The molecule has 1 N–H and O–H groups in total. The zero-order valence-electron chi connectivity index (χ0n) is 7.20. The summed E-state index contributed by atoms with van der Waals surface area (Å²) in [6, 6.07) is 0. The predicted octanol–water partition coefficient (Wildman–Crippen LogP) is 2.92. The van der Waals surface area contributed by atoms with Crippen LogP contribution in [0.5, 0.6) is 0 Å². The Hall–Kier alpha value is 0.300. The number of alkyl halides is 3. The molecule has 1 rings (SSSR count). The lowest BCUT2D eigenvalue weighted by molar-refractivity contribution is -0.164. The molecule has 0 aromatic heterocycles. The minimum Gasteiger partial charge on any atom is -0.382 e. The molecule has 0 aliphatic heterocycles. The van der Waals surface area contributed by atoms with E-state index < -0.39 is 15.8 Å². The molecule has 1 unspecified atom stereocenters. The molecular weight excluding hydrogens is 230 g/mol. The highest BCUT2D eigenvalue weighted by Crippen LogP contribution is 2.55. The third kappa shape index (κ3) is 1.29. The summed E-state index contributed by atoms with van der Waals surface area (Å²) in [5, 5.41) is 9.76. The van der Waals surface area contributed by atoms with Gasteiger partial charge in [0.15, 0.2) is 0 Å². The van der Waals surface area contributed by atoms with Gasteiger partial charge in [0.1, 0.15) is 5.60 Å². The van der Waals surface area contributed by atoms with Crippen LogP contribution in [0, 0.1) is 5.41 Å². The lowest BCUT2D eigenvalue weighted by atomic mass is 9.78. The Morgan fingerprint density at radius 3 is 2.00 bits per heavy atom.